The van der Waals surface area contributed by atoms with Crippen LogP contribution in [0.5, 0.6) is 0 Å². The lowest BCUT2D eigenvalue weighted by molar-refractivity contribution is 0.383. The summed E-state index contributed by atoms with van der Waals surface area (Å²) in [5, 5.41) is 4.32. The highest BCUT2D eigenvalue weighted by molar-refractivity contribution is 7.99. The van der Waals surface area contributed by atoms with Gasteiger partial charge in [-0.15, -0.1) is 0 Å². The van der Waals surface area contributed by atoms with Crippen LogP contribution in [-0.4, -0.2) is 14.8 Å². The third kappa shape index (κ3) is 2.20. The summed E-state index contributed by atoms with van der Waals surface area (Å²) in [7, 11) is 1.55. The zero-order valence-electron chi connectivity index (χ0n) is 9.34. The summed E-state index contributed by atoms with van der Waals surface area (Å²) in [5.74, 6) is -6.37. The molecule has 3 nitrogen and oxygen atoms in total. The van der Waals surface area contributed by atoms with Gasteiger partial charge in [-0.25, -0.2) is 8.78 Å². The van der Waals surface area contributed by atoms with E-state index < -0.39 is 28.4 Å². The standard InChI is InChI=1S/C10H7F4N3S/c1-4-3-5(17(2)16-4)18-8-6(11)9(13)15-10(14)7(8)12/h3H,1-2H3. The Morgan fingerprint density at radius 1 is 1.11 bits per heavy atom. The molecule has 0 saturated carbocycles. The smallest absolute Gasteiger partial charge is 0.252 e. The Balaban J connectivity index is 2.49. The second kappa shape index (κ2) is 4.60. The predicted molar refractivity (Wildman–Crippen MR) is 56.1 cm³/mol. The molecule has 96 valence electrons. The summed E-state index contributed by atoms with van der Waals surface area (Å²) >= 11 is 0.547. The number of nitrogens with zero attached hydrogens (tertiary/aromatic N) is 3. The number of hydrogen-bond acceptors (Lipinski definition) is 3. The van der Waals surface area contributed by atoms with Gasteiger partial charge in [0.2, 0.25) is 0 Å². The number of hydrogen-bond donors (Lipinski definition) is 0. The minimum absolute atomic E-state index is 0.357. The van der Waals surface area contributed by atoms with Gasteiger partial charge in [-0.05, 0) is 13.0 Å². The first-order chi connectivity index (χ1) is 8.40. The Hall–Kier alpha value is -1.57. The Morgan fingerprint density at radius 3 is 2.11 bits per heavy atom. The summed E-state index contributed by atoms with van der Waals surface area (Å²) in [6.07, 6.45) is 0. The summed E-state index contributed by atoms with van der Waals surface area (Å²) in [6, 6.07) is 1.54. The predicted octanol–water partition coefficient (Wildman–Crippen LogP) is 2.83. The molecule has 0 radical (unpaired) electrons. The van der Waals surface area contributed by atoms with E-state index in [1.165, 1.54) is 4.68 Å². The molecule has 0 aromatic carbocycles. The van der Waals surface area contributed by atoms with E-state index in [0.717, 1.165) is 0 Å². The Bertz CT molecular complexity index is 585. The normalized spacial score (nSPS) is 11.0. The number of aryl methyl sites for hydroxylation is 2. The van der Waals surface area contributed by atoms with E-state index in [1.807, 2.05) is 0 Å². The zero-order chi connectivity index (χ0) is 13.4. The van der Waals surface area contributed by atoms with Crippen molar-refractivity contribution in [3.63, 3.8) is 0 Å². The number of pyridine rings is 1. The minimum atomic E-state index is -1.67. The van der Waals surface area contributed by atoms with E-state index in [2.05, 4.69) is 10.1 Å². The summed E-state index contributed by atoms with van der Waals surface area (Å²) in [4.78, 5) is 1.71. The lowest BCUT2D eigenvalue weighted by Gasteiger charge is -2.05. The quantitative estimate of drug-likeness (QED) is 0.624. The van der Waals surface area contributed by atoms with Crippen molar-refractivity contribution in [1.29, 1.82) is 0 Å². The lowest BCUT2D eigenvalue weighted by atomic mass is 10.4. The third-order valence-electron chi connectivity index (χ3n) is 2.12. The minimum Gasteiger partial charge on any atom is -0.262 e. The number of halogens is 4. The SMILES string of the molecule is Cc1cc(Sc2c(F)c(F)nc(F)c2F)n(C)n1. The number of aromatic nitrogens is 3. The number of rotatable bonds is 2. The topological polar surface area (TPSA) is 30.7 Å². The monoisotopic (exact) mass is 277 g/mol. The fraction of sp³-hybridized carbons (Fsp3) is 0.200. The van der Waals surface area contributed by atoms with Crippen molar-refractivity contribution in [3.05, 3.63) is 35.3 Å². The molecule has 18 heavy (non-hydrogen) atoms. The van der Waals surface area contributed by atoms with Gasteiger partial charge in [0, 0.05) is 7.05 Å². The summed E-state index contributed by atoms with van der Waals surface area (Å²) < 4.78 is 53.9. The molecule has 2 aromatic rings. The zero-order valence-corrected chi connectivity index (χ0v) is 10.2. The first-order valence-corrected chi connectivity index (χ1v) is 5.60. The van der Waals surface area contributed by atoms with Crippen molar-refractivity contribution in [1.82, 2.24) is 14.8 Å². The van der Waals surface area contributed by atoms with E-state index >= 15 is 0 Å². The van der Waals surface area contributed by atoms with Crippen molar-refractivity contribution in [2.45, 2.75) is 16.8 Å². The molecule has 0 N–H and O–H groups in total. The molecule has 0 amide bonds. The largest absolute Gasteiger partial charge is 0.262 e. The van der Waals surface area contributed by atoms with Gasteiger partial charge in [0.1, 0.15) is 0 Å². The average Bonchev–Trinajstić information content (AvgIpc) is 2.61. The molecule has 0 aliphatic rings. The maximum atomic E-state index is 13.4. The van der Waals surface area contributed by atoms with Crippen molar-refractivity contribution in [2.24, 2.45) is 7.05 Å². The maximum absolute atomic E-state index is 13.4. The highest BCUT2D eigenvalue weighted by Gasteiger charge is 2.22. The van der Waals surface area contributed by atoms with Crippen LogP contribution in [0.15, 0.2) is 16.0 Å². The van der Waals surface area contributed by atoms with Crippen LogP contribution in [-0.2, 0) is 7.05 Å². The molecule has 0 aliphatic heterocycles. The van der Waals surface area contributed by atoms with Gasteiger partial charge < -0.3 is 0 Å². The molecule has 2 rings (SSSR count). The first-order valence-electron chi connectivity index (χ1n) is 4.78. The Labute approximate surface area is 104 Å². The summed E-state index contributed by atoms with van der Waals surface area (Å²) in [5.41, 5.74) is 0.621. The van der Waals surface area contributed by atoms with Crippen LogP contribution in [0.2, 0.25) is 0 Å². The second-order valence-corrected chi connectivity index (χ2v) is 4.53. The third-order valence-corrected chi connectivity index (χ3v) is 3.28. The molecule has 0 fully saturated rings. The summed E-state index contributed by atoms with van der Waals surface area (Å²) in [6.45, 7) is 1.69. The molecule has 2 aromatic heterocycles. The molecule has 0 aliphatic carbocycles. The Kier molecular flexibility index (Phi) is 3.29. The van der Waals surface area contributed by atoms with Crippen LogP contribution < -0.4 is 0 Å². The van der Waals surface area contributed by atoms with Crippen molar-refractivity contribution >= 4 is 11.8 Å². The van der Waals surface area contributed by atoms with E-state index in [4.69, 9.17) is 0 Å². The lowest BCUT2D eigenvalue weighted by Crippen LogP contribution is -2.02. The fourth-order valence-corrected chi connectivity index (χ4v) is 2.30. The molecular weight excluding hydrogens is 270 g/mol. The van der Waals surface area contributed by atoms with Crippen molar-refractivity contribution < 1.29 is 17.6 Å². The second-order valence-electron chi connectivity index (χ2n) is 3.50. The van der Waals surface area contributed by atoms with Crippen LogP contribution >= 0.6 is 11.8 Å². The van der Waals surface area contributed by atoms with Crippen LogP contribution in [0, 0.1) is 30.5 Å². The van der Waals surface area contributed by atoms with Gasteiger partial charge in [0.05, 0.1) is 15.6 Å². The maximum Gasteiger partial charge on any atom is 0.252 e. The average molecular weight is 277 g/mol. The van der Waals surface area contributed by atoms with Gasteiger partial charge in [0.25, 0.3) is 11.9 Å². The Morgan fingerprint density at radius 2 is 1.67 bits per heavy atom. The van der Waals surface area contributed by atoms with Gasteiger partial charge >= 0.3 is 0 Å². The molecule has 8 heteroatoms. The van der Waals surface area contributed by atoms with Gasteiger partial charge in [-0.1, -0.05) is 11.8 Å². The highest BCUT2D eigenvalue weighted by Crippen LogP contribution is 2.33. The fourth-order valence-electron chi connectivity index (χ4n) is 1.34. The van der Waals surface area contributed by atoms with E-state index in [0.29, 0.717) is 22.5 Å². The van der Waals surface area contributed by atoms with E-state index in [9.17, 15) is 17.6 Å². The molecule has 0 saturated heterocycles. The van der Waals surface area contributed by atoms with Crippen LogP contribution in [0.25, 0.3) is 0 Å². The molecule has 0 spiro atoms. The van der Waals surface area contributed by atoms with Gasteiger partial charge in [0.15, 0.2) is 11.6 Å². The molecule has 0 atom stereocenters. The van der Waals surface area contributed by atoms with Gasteiger partial charge in [-0.3, -0.25) is 4.68 Å². The van der Waals surface area contributed by atoms with Gasteiger partial charge in [-0.2, -0.15) is 18.9 Å². The van der Waals surface area contributed by atoms with E-state index in [1.54, 1.807) is 20.0 Å². The molecule has 0 unspecified atom stereocenters. The first kappa shape index (κ1) is 12.9. The van der Waals surface area contributed by atoms with Crippen LogP contribution in [0.4, 0.5) is 17.6 Å². The van der Waals surface area contributed by atoms with Crippen LogP contribution in [0.3, 0.4) is 0 Å². The molecular formula is C10H7F4N3S. The van der Waals surface area contributed by atoms with E-state index in [-0.39, 0.29) is 0 Å². The van der Waals surface area contributed by atoms with Crippen molar-refractivity contribution in [3.8, 4) is 0 Å². The van der Waals surface area contributed by atoms with Crippen molar-refractivity contribution in [2.75, 3.05) is 0 Å². The molecule has 0 bridgehead atoms. The highest BCUT2D eigenvalue weighted by atomic mass is 32.2. The molecule has 2 heterocycles. The van der Waals surface area contributed by atoms with Crippen LogP contribution in [0.1, 0.15) is 5.69 Å².